The third kappa shape index (κ3) is 7.58. The van der Waals surface area contributed by atoms with Crippen molar-refractivity contribution in [2.45, 2.75) is 52.0 Å². The second-order valence-corrected chi connectivity index (χ2v) is 11.5. The molecule has 4 aromatic rings. The molecule has 6 heteroatoms. The molecule has 0 bridgehead atoms. The second-order valence-electron chi connectivity index (χ2n) is 11.5. The molecule has 5 rings (SSSR count). The third-order valence-electron chi connectivity index (χ3n) is 8.42. The van der Waals surface area contributed by atoms with Crippen LogP contribution >= 0.6 is 0 Å². The van der Waals surface area contributed by atoms with Gasteiger partial charge in [0.2, 0.25) is 5.91 Å². The Labute approximate surface area is 265 Å². The van der Waals surface area contributed by atoms with E-state index in [4.69, 9.17) is 4.74 Å². The predicted octanol–water partition coefficient (Wildman–Crippen LogP) is 7.30. The number of rotatable bonds is 11. The number of allylic oxidation sites excluding steroid dienone is 1. The first-order chi connectivity index (χ1) is 21.9. The summed E-state index contributed by atoms with van der Waals surface area (Å²) in [6.45, 7) is 6.58. The van der Waals surface area contributed by atoms with Crippen molar-refractivity contribution in [3.8, 4) is 0 Å². The average molecular weight is 601 g/mol. The first-order valence-corrected chi connectivity index (χ1v) is 15.6. The van der Waals surface area contributed by atoms with Crippen molar-refractivity contribution in [2.75, 3.05) is 13.2 Å². The number of carbonyl (C=O) groups is 3. The first-order valence-electron chi connectivity index (χ1n) is 15.6. The molecular weight excluding hydrogens is 560 g/mol. The summed E-state index contributed by atoms with van der Waals surface area (Å²) in [5.41, 5.74) is 6.82. The monoisotopic (exact) mass is 600 g/mol. The normalized spacial score (nSPS) is 14.9. The number of aryl methyl sites for hydroxylation is 1. The van der Waals surface area contributed by atoms with Crippen LogP contribution in [-0.4, -0.2) is 35.8 Å². The molecule has 1 atom stereocenters. The Kier molecular flexibility index (Phi) is 10.3. The lowest BCUT2D eigenvalue weighted by Gasteiger charge is -2.34. The number of benzene rings is 4. The van der Waals surface area contributed by atoms with E-state index in [0.29, 0.717) is 23.4 Å². The van der Waals surface area contributed by atoms with Crippen molar-refractivity contribution in [1.82, 2.24) is 10.2 Å². The van der Waals surface area contributed by atoms with Gasteiger partial charge in [-0.05, 0) is 61.6 Å². The Hall–Kier alpha value is -4.97. The summed E-state index contributed by atoms with van der Waals surface area (Å²) in [6.07, 6.45) is 0.920. The molecule has 0 radical (unpaired) electrons. The average Bonchev–Trinajstić information content (AvgIpc) is 3.05. The van der Waals surface area contributed by atoms with Gasteiger partial charge in [-0.25, -0.2) is 4.79 Å². The zero-order chi connectivity index (χ0) is 31.8. The zero-order valence-electron chi connectivity index (χ0n) is 26.2. The molecule has 1 N–H and O–H groups in total. The maximum atomic E-state index is 13.5. The van der Waals surface area contributed by atoms with Gasteiger partial charge in [-0.3, -0.25) is 9.59 Å². The van der Waals surface area contributed by atoms with Crippen LogP contribution in [0, 0.1) is 6.92 Å². The van der Waals surface area contributed by atoms with Crippen molar-refractivity contribution in [3.63, 3.8) is 0 Å². The number of esters is 1. The lowest BCUT2D eigenvalue weighted by atomic mass is 9.83. The van der Waals surface area contributed by atoms with Gasteiger partial charge in [-0.15, -0.1) is 0 Å². The van der Waals surface area contributed by atoms with Crippen molar-refractivity contribution in [3.05, 3.63) is 154 Å². The van der Waals surface area contributed by atoms with E-state index < -0.39 is 5.97 Å². The molecule has 1 heterocycles. The molecule has 0 fully saturated rings. The molecule has 1 aliphatic rings. The molecule has 0 aromatic heterocycles. The highest BCUT2D eigenvalue weighted by Crippen LogP contribution is 2.38. The topological polar surface area (TPSA) is 75.7 Å². The predicted molar refractivity (Wildman–Crippen MR) is 177 cm³/mol. The van der Waals surface area contributed by atoms with E-state index in [9.17, 15) is 14.4 Å². The molecule has 0 saturated heterocycles. The highest BCUT2D eigenvalue weighted by Gasteiger charge is 2.37. The Morgan fingerprint density at radius 1 is 0.867 bits per heavy atom. The maximum Gasteiger partial charge on any atom is 0.336 e. The van der Waals surface area contributed by atoms with E-state index >= 15 is 0 Å². The Morgan fingerprint density at radius 3 is 2.18 bits per heavy atom. The number of nitrogens with one attached hydrogen (secondary N) is 1. The Bertz CT molecular complexity index is 1640. The molecule has 2 amide bonds. The standard InChI is InChI=1S/C39H40N2O4/c1-4-45-39(44)37-28(3)41(36(42)25-35(37)32-19-11-13-27(2)23-32)26-29-14-12-20-33(24-29)38(43)40-22-21-34(30-15-7-5-8-16-30)31-17-9-6-10-18-31/h5-20,23-24,34-35H,4,21-22,25-26H2,1-3H3,(H,40,43)/t35-/m0/s1. The fourth-order valence-corrected chi connectivity index (χ4v) is 6.17. The summed E-state index contributed by atoms with van der Waals surface area (Å²) in [5, 5.41) is 3.09. The van der Waals surface area contributed by atoms with Crippen LogP contribution in [0.1, 0.15) is 76.7 Å². The maximum absolute atomic E-state index is 13.5. The number of amides is 2. The third-order valence-corrected chi connectivity index (χ3v) is 8.42. The summed E-state index contributed by atoms with van der Waals surface area (Å²) in [6, 6.07) is 35.9. The minimum absolute atomic E-state index is 0.0743. The Balaban J connectivity index is 1.31. The fourth-order valence-electron chi connectivity index (χ4n) is 6.17. The summed E-state index contributed by atoms with van der Waals surface area (Å²) in [5.74, 6) is -0.858. The number of ether oxygens (including phenoxy) is 1. The molecular formula is C39H40N2O4. The van der Waals surface area contributed by atoms with Gasteiger partial charge in [0.15, 0.2) is 0 Å². The number of hydrogen-bond acceptors (Lipinski definition) is 4. The molecule has 0 saturated carbocycles. The first kappa shape index (κ1) is 31.5. The van der Waals surface area contributed by atoms with E-state index in [2.05, 4.69) is 29.6 Å². The minimum Gasteiger partial charge on any atom is -0.463 e. The minimum atomic E-state index is -0.406. The van der Waals surface area contributed by atoms with Crippen LogP contribution in [0.2, 0.25) is 0 Å². The molecule has 4 aromatic carbocycles. The molecule has 1 aliphatic heterocycles. The molecule has 0 unspecified atom stereocenters. The number of hydrogen-bond donors (Lipinski definition) is 1. The van der Waals surface area contributed by atoms with Gasteiger partial charge >= 0.3 is 5.97 Å². The molecule has 6 nitrogen and oxygen atoms in total. The van der Waals surface area contributed by atoms with Gasteiger partial charge in [0.05, 0.1) is 18.7 Å². The van der Waals surface area contributed by atoms with E-state index in [1.165, 1.54) is 11.1 Å². The lowest BCUT2D eigenvalue weighted by Crippen LogP contribution is -2.38. The quantitative estimate of drug-likeness (QED) is 0.183. The van der Waals surface area contributed by atoms with Crippen LogP contribution in [-0.2, 0) is 20.9 Å². The molecule has 0 aliphatic carbocycles. The highest BCUT2D eigenvalue weighted by atomic mass is 16.5. The van der Waals surface area contributed by atoms with Crippen LogP contribution in [0.25, 0.3) is 0 Å². The van der Waals surface area contributed by atoms with Crippen molar-refractivity contribution in [1.29, 1.82) is 0 Å². The number of carbonyl (C=O) groups excluding carboxylic acids is 3. The van der Waals surface area contributed by atoms with Gasteiger partial charge in [0.25, 0.3) is 5.91 Å². The zero-order valence-corrected chi connectivity index (χ0v) is 26.2. The van der Waals surface area contributed by atoms with E-state index in [0.717, 1.165) is 23.1 Å². The van der Waals surface area contributed by atoms with Crippen LogP contribution in [0.15, 0.2) is 120 Å². The van der Waals surface area contributed by atoms with Gasteiger partial charge in [-0.1, -0.05) is 103 Å². The lowest BCUT2D eigenvalue weighted by molar-refractivity contribution is -0.140. The molecule has 230 valence electrons. The van der Waals surface area contributed by atoms with Crippen LogP contribution < -0.4 is 5.32 Å². The van der Waals surface area contributed by atoms with Gasteiger partial charge in [0.1, 0.15) is 0 Å². The van der Waals surface area contributed by atoms with E-state index in [1.807, 2.05) is 85.8 Å². The van der Waals surface area contributed by atoms with Crippen LogP contribution in [0.4, 0.5) is 0 Å². The van der Waals surface area contributed by atoms with Gasteiger partial charge in [0, 0.05) is 36.1 Å². The Morgan fingerprint density at radius 2 is 1.53 bits per heavy atom. The SMILES string of the molecule is CCOC(=O)C1=C(C)N(Cc2cccc(C(=O)NCCC(c3ccccc3)c3ccccc3)c2)C(=O)C[C@H]1c1cccc(C)c1. The van der Waals surface area contributed by atoms with Crippen molar-refractivity contribution < 1.29 is 19.1 Å². The van der Waals surface area contributed by atoms with E-state index in [1.54, 1.807) is 24.8 Å². The van der Waals surface area contributed by atoms with Gasteiger partial charge < -0.3 is 15.0 Å². The summed E-state index contributed by atoms with van der Waals surface area (Å²) >= 11 is 0. The largest absolute Gasteiger partial charge is 0.463 e. The molecule has 0 spiro atoms. The van der Waals surface area contributed by atoms with Gasteiger partial charge in [-0.2, -0.15) is 0 Å². The van der Waals surface area contributed by atoms with Crippen molar-refractivity contribution in [2.24, 2.45) is 0 Å². The fraction of sp³-hybridized carbons (Fsp3) is 0.256. The van der Waals surface area contributed by atoms with Crippen LogP contribution in [0.5, 0.6) is 0 Å². The smallest absolute Gasteiger partial charge is 0.336 e. The van der Waals surface area contributed by atoms with Crippen molar-refractivity contribution >= 4 is 17.8 Å². The summed E-state index contributed by atoms with van der Waals surface area (Å²) in [4.78, 5) is 41.6. The van der Waals surface area contributed by atoms with E-state index in [-0.39, 0.29) is 43.2 Å². The highest BCUT2D eigenvalue weighted by molar-refractivity contribution is 5.96. The summed E-state index contributed by atoms with van der Waals surface area (Å²) < 4.78 is 5.44. The molecule has 45 heavy (non-hydrogen) atoms. The summed E-state index contributed by atoms with van der Waals surface area (Å²) in [7, 11) is 0. The second kappa shape index (κ2) is 14.7. The number of nitrogens with zero attached hydrogens (tertiary/aromatic N) is 1. The van der Waals surface area contributed by atoms with Crippen LogP contribution in [0.3, 0.4) is 0 Å².